The van der Waals surface area contributed by atoms with E-state index in [-0.39, 0.29) is 17.9 Å². The number of hydrogen-bond acceptors (Lipinski definition) is 4. The molecule has 3 heterocycles. The number of carbonyl (C=O) groups excluding carboxylic acids is 1. The molecule has 7 nitrogen and oxygen atoms in total. The van der Waals surface area contributed by atoms with Gasteiger partial charge in [-0.15, -0.1) is 0 Å². The van der Waals surface area contributed by atoms with Crippen molar-refractivity contribution < 1.29 is 9.53 Å². The van der Waals surface area contributed by atoms with Crippen LogP contribution in [0.5, 0.6) is 0 Å². The van der Waals surface area contributed by atoms with Crippen LogP contribution >= 0.6 is 0 Å². The predicted octanol–water partition coefficient (Wildman–Crippen LogP) is 2.36. The lowest BCUT2D eigenvalue weighted by Gasteiger charge is -2.18. The Hall–Kier alpha value is -2.15. The third kappa shape index (κ3) is 3.08. The second-order valence-corrected chi connectivity index (χ2v) is 6.38. The molecule has 0 aliphatic carbocycles. The van der Waals surface area contributed by atoms with Crippen molar-refractivity contribution in [2.24, 2.45) is 13.0 Å². The second kappa shape index (κ2) is 6.76. The SMILES string of the molecule is CCCn1cc(NC(=O)[C@H]2CCO[C@@H]2c2c(C)nn(C)c2C)cn1. The molecule has 1 aliphatic heterocycles. The van der Waals surface area contributed by atoms with E-state index in [0.29, 0.717) is 13.0 Å². The van der Waals surface area contributed by atoms with Crippen LogP contribution in [0.4, 0.5) is 5.69 Å². The Morgan fingerprint density at radius 3 is 2.92 bits per heavy atom. The summed E-state index contributed by atoms with van der Waals surface area (Å²) in [5, 5.41) is 11.7. The Balaban J connectivity index is 1.76. The van der Waals surface area contributed by atoms with Crippen molar-refractivity contribution in [3.05, 3.63) is 29.3 Å². The van der Waals surface area contributed by atoms with Crippen LogP contribution in [-0.2, 0) is 23.1 Å². The topological polar surface area (TPSA) is 74.0 Å². The molecule has 3 rings (SSSR count). The predicted molar refractivity (Wildman–Crippen MR) is 90.6 cm³/mol. The van der Waals surface area contributed by atoms with E-state index in [0.717, 1.165) is 35.6 Å². The molecule has 1 N–H and O–H groups in total. The van der Waals surface area contributed by atoms with Crippen molar-refractivity contribution in [2.75, 3.05) is 11.9 Å². The van der Waals surface area contributed by atoms with E-state index >= 15 is 0 Å². The van der Waals surface area contributed by atoms with Crippen molar-refractivity contribution in [3.63, 3.8) is 0 Å². The monoisotopic (exact) mass is 331 g/mol. The smallest absolute Gasteiger partial charge is 0.230 e. The first kappa shape index (κ1) is 16.7. The zero-order chi connectivity index (χ0) is 17.3. The molecule has 7 heteroatoms. The molecule has 0 unspecified atom stereocenters. The van der Waals surface area contributed by atoms with Gasteiger partial charge >= 0.3 is 0 Å². The summed E-state index contributed by atoms with van der Waals surface area (Å²) in [5.41, 5.74) is 3.75. The van der Waals surface area contributed by atoms with Crippen molar-refractivity contribution in [1.29, 1.82) is 0 Å². The number of anilines is 1. The lowest BCUT2D eigenvalue weighted by molar-refractivity contribution is -0.121. The highest BCUT2D eigenvalue weighted by atomic mass is 16.5. The number of nitrogens with zero attached hydrogens (tertiary/aromatic N) is 4. The van der Waals surface area contributed by atoms with E-state index in [1.807, 2.05) is 36.5 Å². The summed E-state index contributed by atoms with van der Waals surface area (Å²) >= 11 is 0. The van der Waals surface area contributed by atoms with Crippen LogP contribution in [0.2, 0.25) is 0 Å². The first-order chi connectivity index (χ1) is 11.5. The third-order valence-corrected chi connectivity index (χ3v) is 4.63. The normalized spacial score (nSPS) is 20.5. The Bertz CT molecular complexity index is 733. The fourth-order valence-corrected chi connectivity index (χ4v) is 3.36. The molecule has 1 amide bonds. The summed E-state index contributed by atoms with van der Waals surface area (Å²) in [5.74, 6) is -0.225. The molecule has 130 valence electrons. The lowest BCUT2D eigenvalue weighted by atomic mass is 9.93. The summed E-state index contributed by atoms with van der Waals surface area (Å²) in [6.07, 6.45) is 5.05. The van der Waals surface area contributed by atoms with Gasteiger partial charge in [-0.05, 0) is 26.7 Å². The quantitative estimate of drug-likeness (QED) is 0.913. The van der Waals surface area contributed by atoms with Crippen LogP contribution in [-0.4, -0.2) is 32.1 Å². The van der Waals surface area contributed by atoms with Gasteiger partial charge < -0.3 is 10.1 Å². The highest BCUT2D eigenvalue weighted by Crippen LogP contribution is 2.38. The fourth-order valence-electron chi connectivity index (χ4n) is 3.36. The van der Waals surface area contributed by atoms with Gasteiger partial charge in [-0.2, -0.15) is 10.2 Å². The van der Waals surface area contributed by atoms with Gasteiger partial charge in [0.25, 0.3) is 0 Å². The van der Waals surface area contributed by atoms with Crippen LogP contribution in [0, 0.1) is 19.8 Å². The molecule has 1 aliphatic rings. The van der Waals surface area contributed by atoms with E-state index in [1.165, 1.54) is 0 Å². The number of aromatic nitrogens is 4. The van der Waals surface area contributed by atoms with Gasteiger partial charge in [0.15, 0.2) is 0 Å². The molecule has 2 atom stereocenters. The highest BCUT2D eigenvalue weighted by Gasteiger charge is 2.38. The first-order valence-corrected chi connectivity index (χ1v) is 8.46. The maximum atomic E-state index is 12.7. The van der Waals surface area contributed by atoms with Crippen LogP contribution in [0.15, 0.2) is 12.4 Å². The molecule has 0 radical (unpaired) electrons. The number of hydrogen-bond donors (Lipinski definition) is 1. The van der Waals surface area contributed by atoms with Crippen LogP contribution in [0.25, 0.3) is 0 Å². The zero-order valence-electron chi connectivity index (χ0n) is 14.7. The molecule has 1 saturated heterocycles. The Kier molecular flexibility index (Phi) is 4.71. The summed E-state index contributed by atoms with van der Waals surface area (Å²) < 4.78 is 9.58. The van der Waals surface area contributed by atoms with E-state index < -0.39 is 0 Å². The maximum Gasteiger partial charge on any atom is 0.230 e. The van der Waals surface area contributed by atoms with E-state index in [4.69, 9.17) is 4.74 Å². The standard InChI is InChI=1S/C17H25N5O2/c1-5-7-22-10-13(9-18-22)19-17(23)14-6-8-24-16(14)15-11(2)20-21(4)12(15)3/h9-10,14,16H,5-8H2,1-4H3,(H,19,23)/t14-,16-/m0/s1. The van der Waals surface area contributed by atoms with Crippen molar-refractivity contribution >= 4 is 11.6 Å². The molecule has 24 heavy (non-hydrogen) atoms. The number of carbonyl (C=O) groups is 1. The van der Waals surface area contributed by atoms with Gasteiger partial charge in [0, 0.05) is 37.7 Å². The molecular weight excluding hydrogens is 306 g/mol. The van der Waals surface area contributed by atoms with Crippen LogP contribution in [0.1, 0.15) is 42.8 Å². The summed E-state index contributed by atoms with van der Waals surface area (Å²) in [7, 11) is 1.91. The van der Waals surface area contributed by atoms with Gasteiger partial charge in [-0.3, -0.25) is 14.2 Å². The molecule has 2 aromatic rings. The number of amides is 1. The highest BCUT2D eigenvalue weighted by molar-refractivity contribution is 5.93. The maximum absolute atomic E-state index is 12.7. The van der Waals surface area contributed by atoms with Gasteiger partial charge in [0.1, 0.15) is 0 Å². The van der Waals surface area contributed by atoms with E-state index in [9.17, 15) is 4.79 Å². The Labute approximate surface area is 142 Å². The largest absolute Gasteiger partial charge is 0.373 e. The molecular formula is C17H25N5O2. The van der Waals surface area contributed by atoms with Crippen molar-refractivity contribution in [1.82, 2.24) is 19.6 Å². The summed E-state index contributed by atoms with van der Waals surface area (Å²) in [4.78, 5) is 12.7. The van der Waals surface area contributed by atoms with E-state index in [2.05, 4.69) is 22.4 Å². The Morgan fingerprint density at radius 1 is 1.46 bits per heavy atom. The molecule has 0 aromatic carbocycles. The molecule has 1 fully saturated rings. The van der Waals surface area contributed by atoms with Crippen LogP contribution in [0.3, 0.4) is 0 Å². The number of aryl methyl sites for hydroxylation is 3. The number of nitrogens with one attached hydrogen (secondary N) is 1. The third-order valence-electron chi connectivity index (χ3n) is 4.63. The summed E-state index contributed by atoms with van der Waals surface area (Å²) in [6.45, 7) is 7.51. The van der Waals surface area contributed by atoms with E-state index in [1.54, 1.807) is 6.20 Å². The molecule has 0 spiro atoms. The minimum absolute atomic E-state index is 0.0174. The van der Waals surface area contributed by atoms with Crippen LogP contribution < -0.4 is 5.32 Å². The second-order valence-electron chi connectivity index (χ2n) is 6.38. The van der Waals surface area contributed by atoms with Gasteiger partial charge in [0.2, 0.25) is 5.91 Å². The van der Waals surface area contributed by atoms with Crippen molar-refractivity contribution in [3.8, 4) is 0 Å². The molecule has 0 saturated carbocycles. The van der Waals surface area contributed by atoms with Crippen molar-refractivity contribution in [2.45, 2.75) is 46.3 Å². The number of rotatable bonds is 5. The van der Waals surface area contributed by atoms with Gasteiger partial charge in [0.05, 0.1) is 29.6 Å². The first-order valence-electron chi connectivity index (χ1n) is 8.46. The Morgan fingerprint density at radius 2 is 2.25 bits per heavy atom. The molecule has 2 aromatic heterocycles. The average Bonchev–Trinajstić information content (AvgIpc) is 3.22. The molecule has 0 bridgehead atoms. The lowest BCUT2D eigenvalue weighted by Crippen LogP contribution is -2.25. The minimum Gasteiger partial charge on any atom is -0.373 e. The number of ether oxygens (including phenoxy) is 1. The zero-order valence-corrected chi connectivity index (χ0v) is 14.7. The van der Waals surface area contributed by atoms with Gasteiger partial charge in [-0.1, -0.05) is 6.92 Å². The average molecular weight is 331 g/mol. The minimum atomic E-state index is -0.232. The summed E-state index contributed by atoms with van der Waals surface area (Å²) in [6, 6.07) is 0. The fraction of sp³-hybridized carbons (Fsp3) is 0.588. The van der Waals surface area contributed by atoms with Gasteiger partial charge in [-0.25, -0.2) is 0 Å².